The van der Waals surface area contributed by atoms with Gasteiger partial charge < -0.3 is 10.1 Å². The number of ether oxygens (including phenoxy) is 1. The number of esters is 1. The molecule has 150 valence electrons. The van der Waals surface area contributed by atoms with Crippen LogP contribution in [0.15, 0.2) is 53.9 Å². The number of benzene rings is 2. The zero-order valence-corrected chi connectivity index (χ0v) is 17.4. The Bertz CT molecular complexity index is 963. The van der Waals surface area contributed by atoms with E-state index in [-0.39, 0.29) is 12.5 Å². The summed E-state index contributed by atoms with van der Waals surface area (Å²) >= 11 is 1.57. The van der Waals surface area contributed by atoms with E-state index in [1.165, 1.54) is 5.56 Å². The Balaban J connectivity index is 1.37. The molecule has 1 heterocycles. The van der Waals surface area contributed by atoms with Gasteiger partial charge in [-0.2, -0.15) is 0 Å². The molecule has 0 unspecified atom stereocenters. The Morgan fingerprint density at radius 2 is 1.76 bits per heavy atom. The van der Waals surface area contributed by atoms with Gasteiger partial charge in [0.1, 0.15) is 11.6 Å². The summed E-state index contributed by atoms with van der Waals surface area (Å²) in [7, 11) is 0. The van der Waals surface area contributed by atoms with Crippen LogP contribution in [0, 0.1) is 13.8 Å². The normalized spacial score (nSPS) is 10.6. The maximum atomic E-state index is 12.1. The average molecular weight is 409 g/mol. The molecule has 0 aliphatic rings. The molecule has 2 aromatic carbocycles. The molecule has 0 saturated heterocycles. The van der Waals surface area contributed by atoms with Crippen molar-refractivity contribution in [2.75, 3.05) is 13.2 Å². The summed E-state index contributed by atoms with van der Waals surface area (Å²) in [5.41, 5.74) is 4.77. The number of thiazole rings is 1. The van der Waals surface area contributed by atoms with Gasteiger partial charge in [-0.1, -0.05) is 42.0 Å². The molecule has 0 fully saturated rings. The molecule has 0 atom stereocenters. The highest BCUT2D eigenvalue weighted by Gasteiger charge is 2.09. The smallest absolute Gasteiger partial charge is 0.338 e. The van der Waals surface area contributed by atoms with E-state index in [9.17, 15) is 9.59 Å². The standard InChI is InChI=1S/C23H24N2O3S/c1-16-3-5-18(6-4-16)7-12-21(26)24-13-14-28-23(27)20-10-8-19(9-11-20)22-25-17(2)15-29-22/h3-6,8-11,15H,7,12-14H2,1-2H3,(H,24,26). The van der Waals surface area contributed by atoms with Crippen molar-refractivity contribution in [3.8, 4) is 10.6 Å². The monoisotopic (exact) mass is 408 g/mol. The summed E-state index contributed by atoms with van der Waals surface area (Å²) < 4.78 is 5.24. The zero-order chi connectivity index (χ0) is 20.6. The molecule has 29 heavy (non-hydrogen) atoms. The van der Waals surface area contributed by atoms with Gasteiger partial charge in [0.15, 0.2) is 0 Å². The molecule has 1 N–H and O–H groups in total. The van der Waals surface area contributed by atoms with E-state index >= 15 is 0 Å². The number of rotatable bonds is 8. The first kappa shape index (κ1) is 20.7. The molecule has 6 heteroatoms. The van der Waals surface area contributed by atoms with E-state index in [2.05, 4.69) is 10.3 Å². The van der Waals surface area contributed by atoms with E-state index in [1.807, 2.05) is 55.6 Å². The molecule has 1 aromatic heterocycles. The second-order valence-corrected chi connectivity index (χ2v) is 7.70. The highest BCUT2D eigenvalue weighted by atomic mass is 32.1. The van der Waals surface area contributed by atoms with Crippen molar-refractivity contribution in [2.24, 2.45) is 0 Å². The first-order chi connectivity index (χ1) is 14.0. The minimum Gasteiger partial charge on any atom is -0.460 e. The molecule has 0 radical (unpaired) electrons. The van der Waals surface area contributed by atoms with Gasteiger partial charge in [0.2, 0.25) is 5.91 Å². The molecule has 0 spiro atoms. The van der Waals surface area contributed by atoms with E-state index in [0.29, 0.717) is 24.9 Å². The lowest BCUT2D eigenvalue weighted by Gasteiger charge is -2.07. The van der Waals surface area contributed by atoms with Crippen LogP contribution in [0.2, 0.25) is 0 Å². The SMILES string of the molecule is Cc1ccc(CCC(=O)NCCOC(=O)c2ccc(-c3nc(C)cs3)cc2)cc1. The van der Waals surface area contributed by atoms with Gasteiger partial charge in [0.25, 0.3) is 0 Å². The number of carbonyl (C=O) groups is 2. The molecule has 0 saturated carbocycles. The van der Waals surface area contributed by atoms with E-state index in [0.717, 1.165) is 21.8 Å². The third kappa shape index (κ3) is 6.26. The van der Waals surface area contributed by atoms with Crippen LogP contribution in [0.3, 0.4) is 0 Å². The second-order valence-electron chi connectivity index (χ2n) is 6.84. The van der Waals surface area contributed by atoms with Crippen LogP contribution in [-0.4, -0.2) is 30.0 Å². The molecule has 5 nitrogen and oxygen atoms in total. The summed E-state index contributed by atoms with van der Waals surface area (Å²) in [6.07, 6.45) is 1.10. The molecule has 3 rings (SSSR count). The predicted molar refractivity (Wildman–Crippen MR) is 115 cm³/mol. The summed E-state index contributed by atoms with van der Waals surface area (Å²) in [4.78, 5) is 28.5. The lowest BCUT2D eigenvalue weighted by atomic mass is 10.1. The first-order valence-electron chi connectivity index (χ1n) is 9.53. The van der Waals surface area contributed by atoms with Crippen LogP contribution >= 0.6 is 11.3 Å². The lowest BCUT2D eigenvalue weighted by Crippen LogP contribution is -2.28. The Morgan fingerprint density at radius 1 is 1.03 bits per heavy atom. The molecular formula is C23H24N2O3S. The van der Waals surface area contributed by atoms with E-state index in [1.54, 1.807) is 23.5 Å². The van der Waals surface area contributed by atoms with Gasteiger partial charge in [0.05, 0.1) is 12.1 Å². The molecule has 1 amide bonds. The van der Waals surface area contributed by atoms with Crippen LogP contribution < -0.4 is 5.32 Å². The highest BCUT2D eigenvalue weighted by molar-refractivity contribution is 7.13. The summed E-state index contributed by atoms with van der Waals surface area (Å²) in [5.74, 6) is -0.453. The van der Waals surface area contributed by atoms with Crippen molar-refractivity contribution < 1.29 is 14.3 Å². The first-order valence-corrected chi connectivity index (χ1v) is 10.4. The van der Waals surface area contributed by atoms with Gasteiger partial charge in [-0.25, -0.2) is 9.78 Å². The van der Waals surface area contributed by atoms with Gasteiger partial charge in [-0.05, 0) is 38.0 Å². The minimum absolute atomic E-state index is 0.0512. The molecule has 3 aromatic rings. The molecule has 0 aliphatic heterocycles. The van der Waals surface area contributed by atoms with Crippen molar-refractivity contribution >= 4 is 23.2 Å². The number of aryl methyl sites for hydroxylation is 3. The summed E-state index contributed by atoms with van der Waals surface area (Å²) in [5, 5.41) is 5.70. The molecular weight excluding hydrogens is 384 g/mol. The Kier molecular flexibility index (Phi) is 7.14. The van der Waals surface area contributed by atoms with Crippen molar-refractivity contribution in [3.05, 3.63) is 76.3 Å². The van der Waals surface area contributed by atoms with Gasteiger partial charge in [-0.3, -0.25) is 4.79 Å². The van der Waals surface area contributed by atoms with E-state index in [4.69, 9.17) is 4.74 Å². The topological polar surface area (TPSA) is 68.3 Å². The third-order valence-corrected chi connectivity index (χ3v) is 5.41. The van der Waals surface area contributed by atoms with Crippen molar-refractivity contribution in [3.63, 3.8) is 0 Å². The number of hydrogen-bond acceptors (Lipinski definition) is 5. The quantitative estimate of drug-likeness (QED) is 0.445. The van der Waals surface area contributed by atoms with Crippen LogP contribution in [0.1, 0.15) is 33.6 Å². The van der Waals surface area contributed by atoms with Crippen molar-refractivity contribution in [1.82, 2.24) is 10.3 Å². The fourth-order valence-electron chi connectivity index (χ4n) is 2.75. The van der Waals surface area contributed by atoms with Crippen LogP contribution in [-0.2, 0) is 16.0 Å². The fraction of sp³-hybridized carbons (Fsp3) is 0.261. The van der Waals surface area contributed by atoms with Crippen LogP contribution in [0.25, 0.3) is 10.6 Å². The number of nitrogens with one attached hydrogen (secondary N) is 1. The molecule has 0 aliphatic carbocycles. The fourth-order valence-corrected chi connectivity index (χ4v) is 3.56. The number of aromatic nitrogens is 1. The van der Waals surface area contributed by atoms with Gasteiger partial charge in [0, 0.05) is 23.1 Å². The Labute approximate surface area is 174 Å². The van der Waals surface area contributed by atoms with Gasteiger partial charge in [-0.15, -0.1) is 11.3 Å². The number of carbonyl (C=O) groups excluding carboxylic acids is 2. The highest BCUT2D eigenvalue weighted by Crippen LogP contribution is 2.23. The largest absolute Gasteiger partial charge is 0.460 e. The number of nitrogens with zero attached hydrogens (tertiary/aromatic N) is 1. The van der Waals surface area contributed by atoms with E-state index < -0.39 is 5.97 Å². The van der Waals surface area contributed by atoms with Crippen molar-refractivity contribution in [2.45, 2.75) is 26.7 Å². The summed E-state index contributed by atoms with van der Waals surface area (Å²) in [6, 6.07) is 15.3. The third-order valence-electron chi connectivity index (χ3n) is 4.41. The van der Waals surface area contributed by atoms with Crippen LogP contribution in [0.4, 0.5) is 0 Å². The summed E-state index contributed by atoms with van der Waals surface area (Å²) in [6.45, 7) is 4.43. The minimum atomic E-state index is -0.402. The lowest BCUT2D eigenvalue weighted by molar-refractivity contribution is -0.121. The second kappa shape index (κ2) is 9.98. The maximum absolute atomic E-state index is 12.1. The Hall–Kier alpha value is -2.99. The van der Waals surface area contributed by atoms with Gasteiger partial charge >= 0.3 is 5.97 Å². The predicted octanol–water partition coefficient (Wildman–Crippen LogP) is 4.33. The van der Waals surface area contributed by atoms with Crippen molar-refractivity contribution in [1.29, 1.82) is 0 Å². The maximum Gasteiger partial charge on any atom is 0.338 e. The Morgan fingerprint density at radius 3 is 2.41 bits per heavy atom. The zero-order valence-electron chi connectivity index (χ0n) is 16.6. The number of hydrogen-bond donors (Lipinski definition) is 1. The molecule has 0 bridgehead atoms. The van der Waals surface area contributed by atoms with Crippen LogP contribution in [0.5, 0.6) is 0 Å². The average Bonchev–Trinajstić information content (AvgIpc) is 3.17. The number of amides is 1.